The zero-order valence-electron chi connectivity index (χ0n) is 22.3. The molecule has 3 heterocycles. The van der Waals surface area contributed by atoms with Crippen molar-refractivity contribution in [1.29, 1.82) is 0 Å². The highest BCUT2D eigenvalue weighted by Crippen LogP contribution is 2.50. The summed E-state index contributed by atoms with van der Waals surface area (Å²) in [4.78, 5) is 4.50. The van der Waals surface area contributed by atoms with E-state index in [-0.39, 0.29) is 16.6 Å². The van der Waals surface area contributed by atoms with Crippen LogP contribution in [0.2, 0.25) is 0 Å². The van der Waals surface area contributed by atoms with Gasteiger partial charge in [-0.2, -0.15) is 0 Å². The Balaban J connectivity index is 1.46. The molecule has 0 atom stereocenters. The van der Waals surface area contributed by atoms with E-state index in [2.05, 4.69) is 118 Å². The molecule has 7 rings (SSSR count). The fraction of sp³-hybridized carbons (Fsp3) is 0.281. The Bertz CT molecular complexity index is 1710. The van der Waals surface area contributed by atoms with Crippen LogP contribution >= 0.6 is 0 Å². The smallest absolute Gasteiger partial charge is 0.399 e. The van der Waals surface area contributed by atoms with Gasteiger partial charge in [0, 0.05) is 34.3 Å². The van der Waals surface area contributed by atoms with E-state index in [4.69, 9.17) is 9.31 Å². The summed E-state index contributed by atoms with van der Waals surface area (Å²) in [7, 11) is -0.405. The maximum absolute atomic E-state index is 6.38. The molecule has 0 bridgehead atoms. The van der Waals surface area contributed by atoms with E-state index in [0.29, 0.717) is 0 Å². The van der Waals surface area contributed by atoms with E-state index in [0.717, 1.165) is 22.1 Å². The monoisotopic (exact) mass is 486 g/mol. The second-order valence-corrected chi connectivity index (χ2v) is 12.0. The van der Waals surface area contributed by atoms with Gasteiger partial charge in [0.15, 0.2) is 0 Å². The first-order valence-electron chi connectivity index (χ1n) is 13.1. The lowest BCUT2D eigenvalue weighted by Crippen LogP contribution is -2.41. The predicted molar refractivity (Wildman–Crippen MR) is 152 cm³/mol. The summed E-state index contributed by atoms with van der Waals surface area (Å²) in [6.45, 7) is 13.0. The minimum Gasteiger partial charge on any atom is -0.399 e. The standard InChI is InChI=1S/C32H31BN2O2/c1-30(2)26-13-8-7-12-22(26)23-17-24-25-19-34-15-14-28(25)35(29(24)18-27(23)30)21-11-9-10-20(16-21)33-36-31(3,4)32(5,6)37-33/h7-19H,1-6H3. The van der Waals surface area contributed by atoms with Crippen LogP contribution < -0.4 is 5.46 Å². The maximum Gasteiger partial charge on any atom is 0.494 e. The summed E-state index contributed by atoms with van der Waals surface area (Å²) in [5.41, 5.74) is 9.01. The molecule has 1 aliphatic heterocycles. The van der Waals surface area contributed by atoms with Crippen LogP contribution in [0.15, 0.2) is 79.1 Å². The van der Waals surface area contributed by atoms with Crippen molar-refractivity contribution in [3.8, 4) is 16.8 Å². The average molecular weight is 486 g/mol. The van der Waals surface area contributed by atoms with Crippen LogP contribution in [0.3, 0.4) is 0 Å². The molecular weight excluding hydrogens is 455 g/mol. The van der Waals surface area contributed by atoms with Crippen molar-refractivity contribution in [2.24, 2.45) is 0 Å². The number of aromatic nitrogens is 2. The summed E-state index contributed by atoms with van der Waals surface area (Å²) in [6, 6.07) is 24.2. The second kappa shape index (κ2) is 7.34. The van der Waals surface area contributed by atoms with E-state index in [1.54, 1.807) is 0 Å². The Kier molecular flexibility index (Phi) is 4.51. The number of fused-ring (bicyclic) bond motifs is 6. The van der Waals surface area contributed by atoms with Crippen LogP contribution in [-0.2, 0) is 14.7 Å². The molecule has 2 aliphatic rings. The first-order chi connectivity index (χ1) is 17.6. The Morgan fingerprint density at radius 2 is 1.46 bits per heavy atom. The molecule has 4 nitrogen and oxygen atoms in total. The first-order valence-corrected chi connectivity index (χ1v) is 13.1. The molecule has 1 saturated heterocycles. The zero-order chi connectivity index (χ0) is 25.7. The van der Waals surface area contributed by atoms with E-state index in [1.165, 1.54) is 33.2 Å². The van der Waals surface area contributed by atoms with Crippen LogP contribution in [0.5, 0.6) is 0 Å². The molecule has 0 spiro atoms. The van der Waals surface area contributed by atoms with Gasteiger partial charge in [-0.15, -0.1) is 0 Å². The number of pyridine rings is 1. The van der Waals surface area contributed by atoms with E-state index in [1.807, 2.05) is 12.4 Å². The third-order valence-electron chi connectivity index (χ3n) is 8.92. The van der Waals surface area contributed by atoms with Gasteiger partial charge in [0.2, 0.25) is 0 Å². The number of rotatable bonds is 2. The second-order valence-electron chi connectivity index (χ2n) is 12.0. The summed E-state index contributed by atoms with van der Waals surface area (Å²) in [5.74, 6) is 0. The number of hydrogen-bond acceptors (Lipinski definition) is 3. The molecule has 37 heavy (non-hydrogen) atoms. The van der Waals surface area contributed by atoms with Crippen molar-refractivity contribution < 1.29 is 9.31 Å². The third kappa shape index (κ3) is 3.08. The lowest BCUT2D eigenvalue weighted by Gasteiger charge is -2.32. The molecule has 5 heteroatoms. The van der Waals surface area contributed by atoms with Gasteiger partial charge in [-0.1, -0.05) is 50.2 Å². The Morgan fingerprint density at radius 3 is 2.24 bits per heavy atom. The van der Waals surface area contributed by atoms with Crippen molar-refractivity contribution >= 4 is 34.4 Å². The van der Waals surface area contributed by atoms with E-state index >= 15 is 0 Å². The number of nitrogens with zero attached hydrogens (tertiary/aromatic N) is 2. The normalized spacial score (nSPS) is 18.9. The quantitative estimate of drug-likeness (QED) is 0.258. The SMILES string of the molecule is CC1(C)c2ccccc2-c2cc3c4cnccc4n(-c4cccc(B5OC(C)(C)C(C)(C)O5)c4)c3cc21. The van der Waals surface area contributed by atoms with Gasteiger partial charge >= 0.3 is 7.12 Å². The molecule has 0 amide bonds. The fourth-order valence-electron chi connectivity index (χ4n) is 6.12. The Labute approximate surface area is 218 Å². The molecule has 3 aromatic carbocycles. The van der Waals surface area contributed by atoms with Crippen LogP contribution in [0.25, 0.3) is 38.6 Å². The molecule has 2 aromatic heterocycles. The van der Waals surface area contributed by atoms with Gasteiger partial charge < -0.3 is 13.9 Å². The van der Waals surface area contributed by atoms with Crippen molar-refractivity contribution in [1.82, 2.24) is 9.55 Å². The highest BCUT2D eigenvalue weighted by atomic mass is 16.7. The molecule has 0 unspecified atom stereocenters. The van der Waals surface area contributed by atoms with E-state index in [9.17, 15) is 0 Å². The highest BCUT2D eigenvalue weighted by molar-refractivity contribution is 6.62. The van der Waals surface area contributed by atoms with Crippen LogP contribution in [-0.4, -0.2) is 27.9 Å². The first kappa shape index (κ1) is 22.8. The van der Waals surface area contributed by atoms with Crippen molar-refractivity contribution in [3.63, 3.8) is 0 Å². The zero-order valence-corrected chi connectivity index (χ0v) is 22.3. The van der Waals surface area contributed by atoms with Crippen molar-refractivity contribution in [2.45, 2.75) is 58.2 Å². The molecule has 1 fully saturated rings. The van der Waals surface area contributed by atoms with Gasteiger partial charge in [0.1, 0.15) is 0 Å². The Morgan fingerprint density at radius 1 is 0.703 bits per heavy atom. The summed E-state index contributed by atoms with van der Waals surface area (Å²) >= 11 is 0. The molecule has 5 aromatic rings. The minimum atomic E-state index is -0.405. The fourth-order valence-corrected chi connectivity index (χ4v) is 6.12. The lowest BCUT2D eigenvalue weighted by molar-refractivity contribution is 0.00578. The van der Waals surface area contributed by atoms with Crippen molar-refractivity contribution in [3.05, 3.63) is 90.3 Å². The molecule has 0 N–H and O–H groups in total. The highest BCUT2D eigenvalue weighted by Gasteiger charge is 2.51. The van der Waals surface area contributed by atoms with Gasteiger partial charge in [-0.3, -0.25) is 4.98 Å². The van der Waals surface area contributed by atoms with Gasteiger partial charge in [-0.25, -0.2) is 0 Å². The molecular formula is C32H31BN2O2. The molecule has 0 saturated carbocycles. The largest absolute Gasteiger partial charge is 0.494 e. The maximum atomic E-state index is 6.38. The molecule has 0 radical (unpaired) electrons. The van der Waals surface area contributed by atoms with Crippen LogP contribution in [0.4, 0.5) is 0 Å². The molecule has 1 aliphatic carbocycles. The van der Waals surface area contributed by atoms with Crippen LogP contribution in [0, 0.1) is 0 Å². The Hall–Kier alpha value is -3.41. The summed E-state index contributed by atoms with van der Waals surface area (Å²) < 4.78 is 15.1. The average Bonchev–Trinajstić information content (AvgIpc) is 3.40. The predicted octanol–water partition coefficient (Wildman–Crippen LogP) is 6.78. The number of hydrogen-bond donors (Lipinski definition) is 0. The summed E-state index contributed by atoms with van der Waals surface area (Å²) in [5, 5.41) is 2.37. The van der Waals surface area contributed by atoms with Gasteiger partial charge in [-0.05, 0) is 85.7 Å². The topological polar surface area (TPSA) is 36.3 Å². The lowest BCUT2D eigenvalue weighted by atomic mass is 9.79. The van der Waals surface area contributed by atoms with Gasteiger partial charge in [0.05, 0.1) is 22.2 Å². The van der Waals surface area contributed by atoms with Gasteiger partial charge in [0.25, 0.3) is 0 Å². The summed E-state index contributed by atoms with van der Waals surface area (Å²) in [6.07, 6.45) is 3.87. The minimum absolute atomic E-state index is 0.0653. The van der Waals surface area contributed by atoms with E-state index < -0.39 is 7.12 Å². The molecule has 184 valence electrons. The number of benzene rings is 3. The van der Waals surface area contributed by atoms with Crippen LogP contribution in [0.1, 0.15) is 52.7 Å². The third-order valence-corrected chi connectivity index (χ3v) is 8.92. The van der Waals surface area contributed by atoms with Crippen molar-refractivity contribution in [2.75, 3.05) is 0 Å².